The highest BCUT2D eigenvalue weighted by atomic mass is 79.9. The summed E-state index contributed by atoms with van der Waals surface area (Å²) in [5.74, 6) is -0.620. The first kappa shape index (κ1) is 31.1. The molecule has 0 unspecified atom stereocenters. The van der Waals surface area contributed by atoms with Crippen LogP contribution < -0.4 is 14.8 Å². The number of benzene rings is 4. The molecule has 1 aliphatic heterocycles. The van der Waals surface area contributed by atoms with Crippen LogP contribution >= 0.6 is 27.7 Å². The topological polar surface area (TPSA) is 84.9 Å². The van der Waals surface area contributed by atoms with Crippen LogP contribution in [-0.4, -0.2) is 35.1 Å². The van der Waals surface area contributed by atoms with Crippen molar-refractivity contribution in [1.82, 2.24) is 4.90 Å². The highest BCUT2D eigenvalue weighted by Crippen LogP contribution is 2.39. The minimum Gasteiger partial charge on any atom is -0.490 e. The largest absolute Gasteiger partial charge is 0.490 e. The van der Waals surface area contributed by atoms with Crippen molar-refractivity contribution in [1.29, 1.82) is 0 Å². The van der Waals surface area contributed by atoms with Crippen molar-refractivity contribution in [2.24, 2.45) is 0 Å². The lowest BCUT2D eigenvalue weighted by Crippen LogP contribution is -2.36. The maximum atomic E-state index is 13.1. The fraction of sp³-hybridized carbons (Fsp3) is 0.156. The highest BCUT2D eigenvalue weighted by molar-refractivity contribution is 9.10. The Morgan fingerprint density at radius 1 is 0.977 bits per heavy atom. The summed E-state index contributed by atoms with van der Waals surface area (Å²) in [6, 6.07) is 21.4. The molecule has 1 saturated heterocycles. The van der Waals surface area contributed by atoms with Crippen LogP contribution in [0.3, 0.4) is 0 Å². The third-order valence-corrected chi connectivity index (χ3v) is 8.16. The van der Waals surface area contributed by atoms with Gasteiger partial charge in [-0.25, -0.2) is 0 Å². The number of alkyl halides is 3. The molecule has 5 rings (SSSR count). The molecular weight excluding hydrogens is 661 g/mol. The van der Waals surface area contributed by atoms with Crippen LogP contribution in [0.25, 0.3) is 16.8 Å². The second-order valence-corrected chi connectivity index (χ2v) is 11.4. The molecule has 3 amide bonds. The number of thioether (sulfide) groups is 1. The minimum atomic E-state index is -4.59. The summed E-state index contributed by atoms with van der Waals surface area (Å²) >= 11 is 4.16. The van der Waals surface area contributed by atoms with Crippen LogP contribution in [0.1, 0.15) is 23.6 Å². The molecule has 1 heterocycles. The molecule has 0 aliphatic carbocycles. The molecule has 0 radical (unpaired) electrons. The van der Waals surface area contributed by atoms with Crippen molar-refractivity contribution in [3.8, 4) is 11.5 Å². The molecule has 44 heavy (non-hydrogen) atoms. The fourth-order valence-corrected chi connectivity index (χ4v) is 5.78. The van der Waals surface area contributed by atoms with Crippen molar-refractivity contribution in [3.63, 3.8) is 0 Å². The number of amides is 3. The van der Waals surface area contributed by atoms with Gasteiger partial charge in [-0.05, 0) is 77.0 Å². The quantitative estimate of drug-likeness (QED) is 0.179. The molecule has 0 aromatic heterocycles. The van der Waals surface area contributed by atoms with Gasteiger partial charge in [0.05, 0.1) is 17.1 Å². The molecule has 1 fully saturated rings. The van der Waals surface area contributed by atoms with Crippen molar-refractivity contribution in [3.05, 3.63) is 105 Å². The first-order valence-corrected chi connectivity index (χ1v) is 14.9. The van der Waals surface area contributed by atoms with Gasteiger partial charge in [0, 0.05) is 10.2 Å². The fourth-order valence-electron chi connectivity index (χ4n) is 4.51. The second kappa shape index (κ2) is 13.1. The van der Waals surface area contributed by atoms with E-state index in [-0.39, 0.29) is 17.2 Å². The zero-order valence-electron chi connectivity index (χ0n) is 23.1. The van der Waals surface area contributed by atoms with Gasteiger partial charge in [-0.15, -0.1) is 0 Å². The third-order valence-electron chi connectivity index (χ3n) is 6.56. The summed E-state index contributed by atoms with van der Waals surface area (Å²) in [5.41, 5.74) is 0.482. The molecule has 0 spiro atoms. The van der Waals surface area contributed by atoms with E-state index in [0.29, 0.717) is 39.9 Å². The minimum absolute atomic E-state index is 0.0643. The average molecular weight is 686 g/mol. The number of anilines is 1. The number of ether oxygens (including phenoxy) is 2. The average Bonchev–Trinajstić information content (AvgIpc) is 3.24. The number of nitrogens with one attached hydrogen (secondary N) is 1. The lowest BCUT2D eigenvalue weighted by atomic mass is 10.1. The number of fused-ring (bicyclic) bond motifs is 1. The Morgan fingerprint density at radius 2 is 1.70 bits per heavy atom. The van der Waals surface area contributed by atoms with Crippen molar-refractivity contribution in [2.75, 3.05) is 18.5 Å². The maximum absolute atomic E-state index is 13.1. The molecule has 0 atom stereocenters. The van der Waals surface area contributed by atoms with Gasteiger partial charge in [0.2, 0.25) is 5.91 Å². The molecule has 7 nitrogen and oxygen atoms in total. The molecule has 0 saturated carbocycles. The van der Waals surface area contributed by atoms with Crippen molar-refractivity contribution in [2.45, 2.75) is 19.7 Å². The summed E-state index contributed by atoms with van der Waals surface area (Å²) in [5, 5.41) is 3.79. The van der Waals surface area contributed by atoms with Gasteiger partial charge in [-0.1, -0.05) is 64.5 Å². The Morgan fingerprint density at radius 3 is 2.48 bits per heavy atom. The van der Waals surface area contributed by atoms with Gasteiger partial charge < -0.3 is 14.8 Å². The Bertz CT molecular complexity index is 1790. The van der Waals surface area contributed by atoms with Gasteiger partial charge in [0.1, 0.15) is 13.2 Å². The molecular formula is C32H24BrF3N2O5S. The van der Waals surface area contributed by atoms with E-state index in [4.69, 9.17) is 9.47 Å². The number of imide groups is 1. The normalized spacial score (nSPS) is 14.4. The van der Waals surface area contributed by atoms with Gasteiger partial charge in [0.25, 0.3) is 11.1 Å². The monoisotopic (exact) mass is 684 g/mol. The van der Waals surface area contributed by atoms with Crippen LogP contribution in [0.2, 0.25) is 0 Å². The van der Waals surface area contributed by atoms with Crippen molar-refractivity contribution >= 4 is 67.3 Å². The highest BCUT2D eigenvalue weighted by Gasteiger charge is 2.37. The lowest BCUT2D eigenvalue weighted by molar-refractivity contribution is -0.137. The molecule has 226 valence electrons. The van der Waals surface area contributed by atoms with Gasteiger partial charge in [-0.3, -0.25) is 19.3 Å². The molecule has 12 heteroatoms. The van der Waals surface area contributed by atoms with E-state index in [1.165, 1.54) is 12.1 Å². The summed E-state index contributed by atoms with van der Waals surface area (Å²) in [6.07, 6.45) is -3.09. The molecule has 1 aliphatic rings. The number of carbonyl (C=O) groups excluding carboxylic acids is 3. The first-order chi connectivity index (χ1) is 21.0. The molecule has 4 aromatic rings. The van der Waals surface area contributed by atoms with Crippen LogP contribution in [0.4, 0.5) is 23.7 Å². The predicted molar refractivity (Wildman–Crippen MR) is 166 cm³/mol. The second-order valence-electron chi connectivity index (χ2n) is 9.58. The van der Waals surface area contributed by atoms with Crippen molar-refractivity contribution < 1.29 is 37.0 Å². The number of carbonyl (C=O) groups is 3. The predicted octanol–water partition coefficient (Wildman–Crippen LogP) is 8.27. The molecule has 4 aromatic carbocycles. The standard InChI is InChI=1S/C32H24BrF3N2O5S/c1-2-42-26-13-21(25(33)16-27(26)43-18-20-9-5-8-19-7-3-4-12-24(19)20)14-28-30(40)38(31(41)44-28)17-29(39)37-23-11-6-10-22(15-23)32(34,35)36/h3-16H,2,17-18H2,1H3,(H,37,39)/b28-14-. The summed E-state index contributed by atoms with van der Waals surface area (Å²) in [6.45, 7) is 1.80. The summed E-state index contributed by atoms with van der Waals surface area (Å²) in [7, 11) is 0. The Labute approximate surface area is 263 Å². The Hall–Kier alpha value is -4.29. The Kier molecular flexibility index (Phi) is 9.31. The van der Waals surface area contributed by atoms with E-state index in [2.05, 4.69) is 21.2 Å². The smallest absolute Gasteiger partial charge is 0.416 e. The lowest BCUT2D eigenvalue weighted by Gasteiger charge is -2.15. The SMILES string of the molecule is CCOc1cc(/C=C2\SC(=O)N(CC(=O)Nc3cccc(C(F)(F)F)c3)C2=O)c(Br)cc1OCc1cccc2ccccc12. The van der Waals surface area contributed by atoms with E-state index in [9.17, 15) is 27.6 Å². The van der Waals surface area contributed by atoms with E-state index in [0.717, 1.165) is 39.4 Å². The van der Waals surface area contributed by atoms with Crippen LogP contribution in [0.5, 0.6) is 11.5 Å². The zero-order chi connectivity index (χ0) is 31.4. The number of halogens is 4. The molecule has 1 N–H and O–H groups in total. The maximum Gasteiger partial charge on any atom is 0.416 e. The molecule has 0 bridgehead atoms. The van der Waals surface area contributed by atoms with Crippen LogP contribution in [-0.2, 0) is 22.4 Å². The van der Waals surface area contributed by atoms with E-state index < -0.39 is 35.3 Å². The van der Waals surface area contributed by atoms with Crippen LogP contribution in [0, 0.1) is 0 Å². The van der Waals surface area contributed by atoms with Gasteiger partial charge in [0.15, 0.2) is 11.5 Å². The van der Waals surface area contributed by atoms with E-state index in [1.807, 2.05) is 49.4 Å². The van der Waals surface area contributed by atoms with E-state index >= 15 is 0 Å². The first-order valence-electron chi connectivity index (χ1n) is 13.3. The van der Waals surface area contributed by atoms with E-state index in [1.54, 1.807) is 12.1 Å². The summed E-state index contributed by atoms with van der Waals surface area (Å²) < 4.78 is 51.5. The number of hydrogen-bond acceptors (Lipinski definition) is 6. The number of nitrogens with zero attached hydrogens (tertiary/aromatic N) is 1. The number of hydrogen-bond donors (Lipinski definition) is 1. The third kappa shape index (κ3) is 7.08. The summed E-state index contributed by atoms with van der Waals surface area (Å²) in [4.78, 5) is 39.0. The van der Waals surface area contributed by atoms with Crippen LogP contribution in [0.15, 0.2) is 88.2 Å². The van der Waals surface area contributed by atoms with Gasteiger partial charge >= 0.3 is 6.18 Å². The van der Waals surface area contributed by atoms with Gasteiger partial charge in [-0.2, -0.15) is 13.2 Å². The Balaban J connectivity index is 1.31. The zero-order valence-corrected chi connectivity index (χ0v) is 25.5. The number of rotatable bonds is 9.